The quantitative estimate of drug-likeness (QED) is 0.819. The molecule has 0 aromatic heterocycles. The summed E-state index contributed by atoms with van der Waals surface area (Å²) < 4.78 is 0.524. The lowest BCUT2D eigenvalue weighted by atomic mass is 10.0. The number of hydrogen-bond donors (Lipinski definition) is 1. The van der Waals surface area contributed by atoms with Crippen LogP contribution in [-0.2, 0) is 0 Å². The maximum absolute atomic E-state index is 10.8. The van der Waals surface area contributed by atoms with Crippen molar-refractivity contribution in [3.05, 3.63) is 52.5 Å². The molecule has 94 valence electrons. The van der Waals surface area contributed by atoms with Crippen molar-refractivity contribution in [1.29, 1.82) is 0 Å². The van der Waals surface area contributed by atoms with Crippen molar-refractivity contribution in [1.82, 2.24) is 0 Å². The monoisotopic (exact) mass is 306 g/mol. The number of halogens is 1. The van der Waals surface area contributed by atoms with E-state index >= 15 is 0 Å². The molecule has 0 heterocycles. The van der Waals surface area contributed by atoms with Crippen LogP contribution in [0.3, 0.4) is 0 Å². The Kier molecular flexibility index (Phi) is 5.59. The molecule has 2 aromatic carbocycles. The van der Waals surface area contributed by atoms with Crippen molar-refractivity contribution in [3.8, 4) is 16.9 Å². The molecule has 0 saturated carbocycles. The van der Waals surface area contributed by atoms with E-state index in [4.69, 9.17) is 0 Å². The van der Waals surface area contributed by atoms with E-state index in [1.807, 2.05) is 44.2 Å². The SMILES string of the molecule is CC.O=Cc1cc(Br)c(O)c(-c2ccccc2)c1. The Bertz CT molecular complexity index is 522. The van der Waals surface area contributed by atoms with Crippen LogP contribution >= 0.6 is 15.9 Å². The van der Waals surface area contributed by atoms with Crippen molar-refractivity contribution < 1.29 is 9.90 Å². The zero-order chi connectivity index (χ0) is 13.5. The van der Waals surface area contributed by atoms with Crippen molar-refractivity contribution >= 4 is 22.2 Å². The van der Waals surface area contributed by atoms with Gasteiger partial charge in [-0.25, -0.2) is 0 Å². The predicted octanol–water partition coefficient (Wildman–Crippen LogP) is 4.66. The van der Waals surface area contributed by atoms with Gasteiger partial charge in [-0.05, 0) is 33.6 Å². The first-order chi connectivity index (χ1) is 8.72. The number of phenols is 1. The first-order valence-corrected chi connectivity index (χ1v) is 6.55. The molecule has 2 aromatic rings. The number of rotatable bonds is 2. The van der Waals surface area contributed by atoms with Crippen LogP contribution in [0.5, 0.6) is 5.75 Å². The van der Waals surface area contributed by atoms with Crippen LogP contribution in [0.25, 0.3) is 11.1 Å². The summed E-state index contributed by atoms with van der Waals surface area (Å²) in [5, 5.41) is 9.91. The van der Waals surface area contributed by atoms with E-state index in [0.717, 1.165) is 11.8 Å². The van der Waals surface area contributed by atoms with E-state index < -0.39 is 0 Å². The summed E-state index contributed by atoms with van der Waals surface area (Å²) in [7, 11) is 0. The second-order valence-electron chi connectivity index (χ2n) is 3.38. The molecule has 0 spiro atoms. The van der Waals surface area contributed by atoms with Crippen LogP contribution in [0.2, 0.25) is 0 Å². The molecule has 18 heavy (non-hydrogen) atoms. The molecule has 0 atom stereocenters. The van der Waals surface area contributed by atoms with Crippen LogP contribution in [0.1, 0.15) is 24.2 Å². The van der Waals surface area contributed by atoms with E-state index in [1.54, 1.807) is 12.1 Å². The highest BCUT2D eigenvalue weighted by atomic mass is 79.9. The van der Waals surface area contributed by atoms with E-state index in [1.165, 1.54) is 0 Å². The number of hydrogen-bond acceptors (Lipinski definition) is 2. The molecular formula is C15H15BrO2. The maximum atomic E-state index is 10.8. The first kappa shape index (κ1) is 14.5. The molecule has 0 bridgehead atoms. The van der Waals surface area contributed by atoms with Gasteiger partial charge in [-0.15, -0.1) is 0 Å². The molecule has 2 rings (SSSR count). The summed E-state index contributed by atoms with van der Waals surface area (Å²) in [5.74, 6) is 0.150. The highest BCUT2D eigenvalue weighted by molar-refractivity contribution is 9.10. The lowest BCUT2D eigenvalue weighted by Gasteiger charge is -2.07. The minimum atomic E-state index is 0.150. The number of aromatic hydroxyl groups is 1. The molecule has 2 nitrogen and oxygen atoms in total. The standard InChI is InChI=1S/C13H9BrO2.C2H6/c14-12-7-9(8-15)6-11(13(12)16)10-4-2-1-3-5-10;1-2/h1-8,16H;1-2H3. The summed E-state index contributed by atoms with van der Waals surface area (Å²) in [6.07, 6.45) is 0.761. The molecule has 0 unspecified atom stereocenters. The van der Waals surface area contributed by atoms with Crippen molar-refractivity contribution in [2.45, 2.75) is 13.8 Å². The number of phenolic OH excluding ortho intramolecular Hbond substituents is 1. The Hall–Kier alpha value is -1.61. The fourth-order valence-electron chi connectivity index (χ4n) is 1.53. The third-order valence-electron chi connectivity index (χ3n) is 2.31. The van der Waals surface area contributed by atoms with Gasteiger partial charge < -0.3 is 5.11 Å². The van der Waals surface area contributed by atoms with E-state index in [2.05, 4.69) is 15.9 Å². The van der Waals surface area contributed by atoms with Gasteiger partial charge in [0.1, 0.15) is 12.0 Å². The molecule has 0 aliphatic heterocycles. The lowest BCUT2D eigenvalue weighted by Crippen LogP contribution is -1.85. The molecule has 0 radical (unpaired) electrons. The molecule has 0 amide bonds. The van der Waals surface area contributed by atoms with Gasteiger partial charge in [-0.1, -0.05) is 44.2 Å². The molecule has 3 heteroatoms. The maximum Gasteiger partial charge on any atom is 0.150 e. The molecule has 0 saturated heterocycles. The number of benzene rings is 2. The van der Waals surface area contributed by atoms with E-state index in [9.17, 15) is 9.90 Å². The highest BCUT2D eigenvalue weighted by Gasteiger charge is 2.09. The van der Waals surface area contributed by atoms with Crippen molar-refractivity contribution in [2.24, 2.45) is 0 Å². The van der Waals surface area contributed by atoms with Crippen LogP contribution < -0.4 is 0 Å². The third kappa shape index (κ3) is 3.20. The summed E-state index contributed by atoms with van der Waals surface area (Å²) >= 11 is 3.23. The molecule has 0 aliphatic rings. The van der Waals surface area contributed by atoms with Gasteiger partial charge in [0.2, 0.25) is 0 Å². The van der Waals surface area contributed by atoms with Crippen molar-refractivity contribution in [2.75, 3.05) is 0 Å². The first-order valence-electron chi connectivity index (χ1n) is 5.75. The van der Waals surface area contributed by atoms with Gasteiger partial charge in [0, 0.05) is 11.1 Å². The minimum Gasteiger partial charge on any atom is -0.506 e. The lowest BCUT2D eigenvalue weighted by molar-refractivity contribution is 0.112. The molecule has 0 aliphatic carbocycles. The predicted molar refractivity (Wildman–Crippen MR) is 78.0 cm³/mol. The molecular weight excluding hydrogens is 292 g/mol. The van der Waals surface area contributed by atoms with E-state index in [-0.39, 0.29) is 5.75 Å². The average molecular weight is 307 g/mol. The van der Waals surface area contributed by atoms with Gasteiger partial charge in [0.25, 0.3) is 0 Å². The molecule has 1 N–H and O–H groups in total. The Balaban J connectivity index is 0.000000771. The van der Waals surface area contributed by atoms with Crippen LogP contribution in [-0.4, -0.2) is 11.4 Å². The average Bonchev–Trinajstić information content (AvgIpc) is 2.45. The minimum absolute atomic E-state index is 0.150. The second-order valence-corrected chi connectivity index (χ2v) is 4.24. The smallest absolute Gasteiger partial charge is 0.150 e. The summed E-state index contributed by atoms with van der Waals surface area (Å²) in [6.45, 7) is 4.00. The molecule has 0 fully saturated rings. The number of carbonyl (C=O) groups is 1. The fourth-order valence-corrected chi connectivity index (χ4v) is 2.00. The van der Waals surface area contributed by atoms with E-state index in [0.29, 0.717) is 15.6 Å². The number of aldehydes is 1. The zero-order valence-corrected chi connectivity index (χ0v) is 11.9. The van der Waals surface area contributed by atoms with Crippen LogP contribution in [0, 0.1) is 0 Å². The Morgan fingerprint density at radius 2 is 1.72 bits per heavy atom. The third-order valence-corrected chi connectivity index (χ3v) is 2.91. The summed E-state index contributed by atoms with van der Waals surface area (Å²) in [5.41, 5.74) is 2.06. The van der Waals surface area contributed by atoms with Gasteiger partial charge in [-0.3, -0.25) is 4.79 Å². The van der Waals surface area contributed by atoms with Crippen LogP contribution in [0.15, 0.2) is 46.9 Å². The van der Waals surface area contributed by atoms with Gasteiger partial charge in [0.05, 0.1) is 4.47 Å². The van der Waals surface area contributed by atoms with Gasteiger partial charge in [-0.2, -0.15) is 0 Å². The number of carbonyl (C=O) groups excluding carboxylic acids is 1. The van der Waals surface area contributed by atoms with Crippen LogP contribution in [0.4, 0.5) is 0 Å². The van der Waals surface area contributed by atoms with Crippen molar-refractivity contribution in [3.63, 3.8) is 0 Å². The second kappa shape index (κ2) is 6.97. The fraction of sp³-hybridized carbons (Fsp3) is 0.133. The zero-order valence-electron chi connectivity index (χ0n) is 10.4. The Labute approximate surface area is 115 Å². The normalized spacial score (nSPS) is 9.28. The summed E-state index contributed by atoms with van der Waals surface area (Å²) in [4.78, 5) is 10.8. The van der Waals surface area contributed by atoms with Gasteiger partial charge in [0.15, 0.2) is 0 Å². The van der Waals surface area contributed by atoms with Gasteiger partial charge >= 0.3 is 0 Å². The highest BCUT2D eigenvalue weighted by Crippen LogP contribution is 2.36. The topological polar surface area (TPSA) is 37.3 Å². The summed E-state index contributed by atoms with van der Waals surface area (Å²) in [6, 6.07) is 12.7. The largest absolute Gasteiger partial charge is 0.506 e. The Morgan fingerprint density at radius 1 is 1.11 bits per heavy atom. The Morgan fingerprint density at radius 3 is 2.28 bits per heavy atom.